The van der Waals surface area contributed by atoms with Crippen molar-refractivity contribution in [2.75, 3.05) is 71.1 Å². The van der Waals surface area contributed by atoms with Crippen molar-refractivity contribution in [1.82, 2.24) is 4.90 Å². The first-order valence-corrected chi connectivity index (χ1v) is 20.0. The zero-order valence-electron chi connectivity index (χ0n) is 33.0. The van der Waals surface area contributed by atoms with Crippen molar-refractivity contribution in [3.63, 3.8) is 0 Å². The summed E-state index contributed by atoms with van der Waals surface area (Å²) in [5.74, 6) is -16.7. The Kier molecular flexibility index (Phi) is 10.4. The van der Waals surface area contributed by atoms with Gasteiger partial charge in [-0.05, 0) is 83.3 Å². The van der Waals surface area contributed by atoms with E-state index in [1.165, 1.54) is 23.5 Å². The second-order valence-electron chi connectivity index (χ2n) is 15.3. The third-order valence-electron chi connectivity index (χ3n) is 10.6. The lowest BCUT2D eigenvalue weighted by Gasteiger charge is -2.26. The van der Waals surface area contributed by atoms with E-state index < -0.39 is 34.8 Å². The Bertz CT molecular complexity index is 2370. The molecule has 0 radical (unpaired) electrons. The summed E-state index contributed by atoms with van der Waals surface area (Å²) in [6.45, 7) is 0. The van der Waals surface area contributed by atoms with Gasteiger partial charge >= 0.3 is 17.8 Å². The molecule has 57 heavy (non-hydrogen) atoms. The molecule has 5 aromatic rings. The minimum Gasteiger partial charge on any atom is -0.378 e. The summed E-state index contributed by atoms with van der Waals surface area (Å²) >= 11 is 2.28. The molecule has 12 heteroatoms. The van der Waals surface area contributed by atoms with Gasteiger partial charge in [-0.25, -0.2) is 0 Å². The van der Waals surface area contributed by atoms with Gasteiger partial charge in [-0.1, -0.05) is 48.6 Å². The standard InChI is InChI=1S/C45H44F6N4S2/c1-52(2)31-17-9-27(10-18-31)37-25-35(41(56-37)29-13-21-33(22-14-29)54(5)6)39-40(44(48,49)45(50,51)43(39,46)47)36-26-38(28-11-19-32(20-12-28)53(3)4)57-42(36)30-15-23-34(24-16-30)55(7)8/h9-15,17-26,30H,16H2,1-8H3. The fourth-order valence-corrected chi connectivity index (χ4v) is 9.72. The number of hydrogen-bond acceptors (Lipinski definition) is 6. The third-order valence-corrected chi connectivity index (χ3v) is 13.2. The van der Waals surface area contributed by atoms with Gasteiger partial charge in [-0.2, -0.15) is 26.3 Å². The van der Waals surface area contributed by atoms with E-state index in [1.54, 1.807) is 24.3 Å². The lowest BCUT2D eigenvalue weighted by molar-refractivity contribution is -0.254. The quantitative estimate of drug-likeness (QED) is 0.130. The Morgan fingerprint density at radius 2 is 0.947 bits per heavy atom. The van der Waals surface area contributed by atoms with Crippen LogP contribution in [0.4, 0.5) is 43.4 Å². The number of benzene rings is 3. The van der Waals surface area contributed by atoms with Gasteiger partial charge in [0, 0.05) is 121 Å². The Balaban J connectivity index is 1.52. The molecule has 0 fully saturated rings. The zero-order valence-corrected chi connectivity index (χ0v) is 34.6. The number of likely N-dealkylation sites (N-methyl/N-ethyl adjacent to an activating group) is 1. The van der Waals surface area contributed by atoms with E-state index in [0.717, 1.165) is 34.1 Å². The smallest absolute Gasteiger partial charge is 0.378 e. The lowest BCUT2D eigenvalue weighted by Crippen LogP contribution is -2.48. The number of hydrogen-bond donors (Lipinski definition) is 0. The van der Waals surface area contributed by atoms with Crippen molar-refractivity contribution in [3.05, 3.63) is 125 Å². The van der Waals surface area contributed by atoms with Crippen molar-refractivity contribution < 1.29 is 26.3 Å². The van der Waals surface area contributed by atoms with E-state index in [1.807, 2.05) is 143 Å². The second-order valence-corrected chi connectivity index (χ2v) is 17.4. The van der Waals surface area contributed by atoms with Gasteiger partial charge in [-0.15, -0.1) is 22.7 Å². The minimum atomic E-state index is -5.72. The van der Waals surface area contributed by atoms with Crippen LogP contribution in [0.15, 0.2) is 109 Å². The Labute approximate surface area is 338 Å². The number of thiophene rings is 2. The van der Waals surface area contributed by atoms with Crippen LogP contribution in [0, 0.1) is 0 Å². The fraction of sp³-hybridized carbons (Fsp3) is 0.289. The SMILES string of the molecule is CN(C)C1=CCC(c2sc(-c3ccc(N(C)C)cc3)cc2C2=C(c3cc(-c4ccc(N(C)C)cc4)sc3-c3ccc(N(C)C)cc3)C(F)(F)C(F)(F)C2(F)F)C=C1. The number of allylic oxidation sites excluding steroid dienone is 5. The van der Waals surface area contributed by atoms with Crippen LogP contribution in [0.3, 0.4) is 0 Å². The van der Waals surface area contributed by atoms with Gasteiger partial charge in [0.1, 0.15) is 0 Å². The predicted molar refractivity (Wildman–Crippen MR) is 228 cm³/mol. The average molecular weight is 819 g/mol. The molecule has 1 unspecified atom stereocenters. The topological polar surface area (TPSA) is 13.0 Å². The van der Waals surface area contributed by atoms with Crippen molar-refractivity contribution in [2.45, 2.75) is 30.1 Å². The number of halogens is 6. The molecule has 7 rings (SSSR count). The summed E-state index contributed by atoms with van der Waals surface area (Å²) in [6.07, 6.45) is 5.99. The van der Waals surface area contributed by atoms with Crippen molar-refractivity contribution in [1.29, 1.82) is 0 Å². The second kappa shape index (κ2) is 14.8. The number of alkyl halides is 6. The Morgan fingerprint density at radius 3 is 1.37 bits per heavy atom. The molecule has 3 aromatic carbocycles. The Morgan fingerprint density at radius 1 is 0.526 bits per heavy atom. The highest BCUT2D eigenvalue weighted by atomic mass is 32.1. The normalized spacial score (nSPS) is 18.1. The maximum Gasteiger partial charge on any atom is 0.380 e. The molecule has 0 aliphatic heterocycles. The first-order valence-electron chi connectivity index (χ1n) is 18.4. The predicted octanol–water partition coefficient (Wildman–Crippen LogP) is 12.3. The number of nitrogens with zero attached hydrogens (tertiary/aromatic N) is 4. The van der Waals surface area contributed by atoms with Crippen LogP contribution in [0.25, 0.3) is 42.5 Å². The molecular weight excluding hydrogens is 775 g/mol. The monoisotopic (exact) mass is 818 g/mol. The maximum atomic E-state index is 16.8. The molecule has 1 atom stereocenters. The number of rotatable bonds is 10. The molecule has 0 N–H and O–H groups in total. The van der Waals surface area contributed by atoms with Gasteiger partial charge in [0.2, 0.25) is 0 Å². The van der Waals surface area contributed by atoms with Crippen molar-refractivity contribution in [2.24, 2.45) is 0 Å². The van der Waals surface area contributed by atoms with Gasteiger partial charge < -0.3 is 19.6 Å². The molecule has 2 aliphatic rings. The highest BCUT2D eigenvalue weighted by Crippen LogP contribution is 2.67. The molecule has 4 nitrogen and oxygen atoms in total. The first kappa shape index (κ1) is 40.3. The molecule has 2 heterocycles. The van der Waals surface area contributed by atoms with Crippen LogP contribution in [0.1, 0.15) is 28.3 Å². The van der Waals surface area contributed by atoms with Gasteiger partial charge in [0.05, 0.1) is 0 Å². The summed E-state index contributed by atoms with van der Waals surface area (Å²) in [5.41, 5.74) is 1.92. The highest BCUT2D eigenvalue weighted by Gasteiger charge is 2.80. The van der Waals surface area contributed by atoms with Gasteiger partial charge in [0.25, 0.3) is 0 Å². The van der Waals surface area contributed by atoms with Crippen LogP contribution in [-0.4, -0.2) is 79.0 Å². The first-order chi connectivity index (χ1) is 26.8. The van der Waals surface area contributed by atoms with Crippen LogP contribution < -0.4 is 14.7 Å². The lowest BCUT2D eigenvalue weighted by atomic mass is 9.88. The fourth-order valence-electron chi connectivity index (χ4n) is 7.28. The van der Waals surface area contributed by atoms with E-state index >= 15 is 26.3 Å². The van der Waals surface area contributed by atoms with Crippen LogP contribution in [0.5, 0.6) is 0 Å². The van der Waals surface area contributed by atoms with Crippen molar-refractivity contribution >= 4 is 50.9 Å². The summed E-state index contributed by atoms with van der Waals surface area (Å²) in [7, 11) is 15.0. The molecule has 0 spiro atoms. The summed E-state index contributed by atoms with van der Waals surface area (Å²) in [4.78, 5) is 9.09. The maximum absolute atomic E-state index is 16.8. The van der Waals surface area contributed by atoms with E-state index in [4.69, 9.17) is 0 Å². The molecule has 0 saturated carbocycles. The largest absolute Gasteiger partial charge is 0.380 e. The molecule has 0 saturated heterocycles. The van der Waals surface area contributed by atoms with Gasteiger partial charge in [-0.3, -0.25) is 0 Å². The van der Waals surface area contributed by atoms with Crippen molar-refractivity contribution in [3.8, 4) is 31.3 Å². The molecule has 0 amide bonds. The van der Waals surface area contributed by atoms with E-state index in [0.29, 0.717) is 37.7 Å². The average Bonchev–Trinajstić information content (AvgIpc) is 3.84. The third kappa shape index (κ3) is 6.94. The molecule has 298 valence electrons. The van der Waals surface area contributed by atoms with E-state index in [-0.39, 0.29) is 16.0 Å². The zero-order chi connectivity index (χ0) is 41.2. The number of anilines is 3. The van der Waals surface area contributed by atoms with Crippen LogP contribution >= 0.6 is 22.7 Å². The molecule has 2 aliphatic carbocycles. The van der Waals surface area contributed by atoms with E-state index in [2.05, 4.69) is 0 Å². The summed E-state index contributed by atoms with van der Waals surface area (Å²) in [6, 6.07) is 24.5. The van der Waals surface area contributed by atoms with Crippen LogP contribution in [0.2, 0.25) is 0 Å². The molecular formula is C45H44F6N4S2. The summed E-state index contributed by atoms with van der Waals surface area (Å²) in [5, 5.41) is 0. The minimum absolute atomic E-state index is 0.195. The molecule has 2 aromatic heterocycles. The Hall–Kier alpha value is -4.94. The summed E-state index contributed by atoms with van der Waals surface area (Å²) < 4.78 is 99.2. The highest BCUT2D eigenvalue weighted by molar-refractivity contribution is 7.19. The van der Waals surface area contributed by atoms with E-state index in [9.17, 15) is 0 Å². The van der Waals surface area contributed by atoms with Gasteiger partial charge in [0.15, 0.2) is 0 Å². The molecule has 0 bridgehead atoms. The van der Waals surface area contributed by atoms with Crippen LogP contribution in [-0.2, 0) is 0 Å².